The summed E-state index contributed by atoms with van der Waals surface area (Å²) in [5.41, 5.74) is 1.93. The van der Waals surface area contributed by atoms with Crippen LogP contribution in [0.15, 0.2) is 52.0 Å². The standard InChI is InChI=1S/C15H12N4OS2/c1-20-12-6-3-2-5-10(12)14-16-17-15-19(14)18-11(9-22-15)13-7-4-8-21-13/h2-8H,9H2,1H3. The number of hydrogen-bond acceptors (Lipinski definition) is 6. The highest BCUT2D eigenvalue weighted by Crippen LogP contribution is 2.33. The van der Waals surface area contributed by atoms with Crippen molar-refractivity contribution >= 4 is 28.8 Å². The van der Waals surface area contributed by atoms with E-state index in [9.17, 15) is 0 Å². The van der Waals surface area contributed by atoms with Crippen LogP contribution in [0.25, 0.3) is 11.4 Å². The zero-order chi connectivity index (χ0) is 14.9. The average molecular weight is 328 g/mol. The summed E-state index contributed by atoms with van der Waals surface area (Å²) in [7, 11) is 1.65. The van der Waals surface area contributed by atoms with E-state index in [1.807, 2.05) is 30.3 Å². The number of ether oxygens (including phenoxy) is 1. The number of aromatic nitrogens is 3. The van der Waals surface area contributed by atoms with Gasteiger partial charge in [0.25, 0.3) is 0 Å². The minimum absolute atomic E-state index is 0.703. The topological polar surface area (TPSA) is 52.3 Å². The van der Waals surface area contributed by atoms with Crippen molar-refractivity contribution in [2.75, 3.05) is 12.9 Å². The van der Waals surface area contributed by atoms with E-state index in [4.69, 9.17) is 9.84 Å². The number of fused-ring (bicyclic) bond motifs is 1. The molecule has 0 aliphatic carbocycles. The van der Waals surface area contributed by atoms with Gasteiger partial charge in [-0.1, -0.05) is 30.0 Å². The first-order chi connectivity index (χ1) is 10.9. The quantitative estimate of drug-likeness (QED) is 0.740. The molecule has 3 aromatic rings. The maximum Gasteiger partial charge on any atom is 0.212 e. The SMILES string of the molecule is COc1ccccc1-c1nnc2n1N=C(c1cccs1)CS2. The van der Waals surface area contributed by atoms with Crippen molar-refractivity contribution < 1.29 is 4.74 Å². The van der Waals surface area contributed by atoms with Gasteiger partial charge in [-0.3, -0.25) is 0 Å². The highest BCUT2D eigenvalue weighted by Gasteiger charge is 2.22. The average Bonchev–Trinajstić information content (AvgIpc) is 3.23. The molecule has 0 fully saturated rings. The molecule has 1 aliphatic heterocycles. The second kappa shape index (κ2) is 5.58. The summed E-state index contributed by atoms with van der Waals surface area (Å²) in [6.07, 6.45) is 0. The Hall–Kier alpha value is -2.12. The van der Waals surface area contributed by atoms with Crippen molar-refractivity contribution in [3.8, 4) is 17.1 Å². The lowest BCUT2D eigenvalue weighted by Crippen LogP contribution is -2.12. The van der Waals surface area contributed by atoms with Crippen molar-refractivity contribution in [2.45, 2.75) is 5.16 Å². The summed E-state index contributed by atoms with van der Waals surface area (Å²) in [4.78, 5) is 1.18. The van der Waals surface area contributed by atoms with Crippen molar-refractivity contribution in [1.29, 1.82) is 0 Å². The third-order valence-corrected chi connectivity index (χ3v) is 5.17. The molecule has 0 amide bonds. The van der Waals surface area contributed by atoms with Gasteiger partial charge in [0.15, 0.2) is 5.82 Å². The second-order valence-electron chi connectivity index (χ2n) is 4.63. The highest BCUT2D eigenvalue weighted by atomic mass is 32.2. The van der Waals surface area contributed by atoms with E-state index >= 15 is 0 Å². The Bertz CT molecular complexity index is 839. The second-order valence-corrected chi connectivity index (χ2v) is 6.52. The van der Waals surface area contributed by atoms with Gasteiger partial charge in [-0.15, -0.1) is 21.5 Å². The Balaban J connectivity index is 1.84. The van der Waals surface area contributed by atoms with Crippen LogP contribution in [0.1, 0.15) is 4.88 Å². The molecule has 22 heavy (non-hydrogen) atoms. The third-order valence-electron chi connectivity index (χ3n) is 3.32. The Morgan fingerprint density at radius 3 is 2.86 bits per heavy atom. The Morgan fingerprint density at radius 1 is 1.14 bits per heavy atom. The highest BCUT2D eigenvalue weighted by molar-refractivity contribution is 7.99. The molecule has 2 aromatic heterocycles. The zero-order valence-electron chi connectivity index (χ0n) is 11.8. The third kappa shape index (κ3) is 2.22. The van der Waals surface area contributed by atoms with Crippen LogP contribution in [0.4, 0.5) is 0 Å². The molecule has 1 aromatic carbocycles. The minimum atomic E-state index is 0.703. The van der Waals surface area contributed by atoms with Crippen LogP contribution in [-0.2, 0) is 0 Å². The van der Waals surface area contributed by atoms with Crippen LogP contribution in [0.2, 0.25) is 0 Å². The smallest absolute Gasteiger partial charge is 0.212 e. The molecule has 0 spiro atoms. The number of thioether (sulfide) groups is 1. The van der Waals surface area contributed by atoms with E-state index in [0.717, 1.165) is 27.9 Å². The molecule has 4 rings (SSSR count). The molecule has 0 atom stereocenters. The first kappa shape index (κ1) is 13.5. The summed E-state index contributed by atoms with van der Waals surface area (Å²) < 4.78 is 7.23. The van der Waals surface area contributed by atoms with Gasteiger partial charge < -0.3 is 4.74 Å². The summed E-state index contributed by atoms with van der Waals surface area (Å²) in [5.74, 6) is 2.28. The first-order valence-electron chi connectivity index (χ1n) is 6.70. The lowest BCUT2D eigenvalue weighted by atomic mass is 10.2. The summed E-state index contributed by atoms with van der Waals surface area (Å²) in [6, 6.07) is 11.9. The fourth-order valence-corrected chi connectivity index (χ4v) is 3.92. The van der Waals surface area contributed by atoms with Crippen LogP contribution in [0, 0.1) is 0 Å². The number of rotatable bonds is 3. The fraction of sp³-hybridized carbons (Fsp3) is 0.133. The van der Waals surface area contributed by atoms with Crippen LogP contribution in [0.3, 0.4) is 0 Å². The number of methoxy groups -OCH3 is 1. The minimum Gasteiger partial charge on any atom is -0.496 e. The van der Waals surface area contributed by atoms with Gasteiger partial charge in [-0.25, -0.2) is 0 Å². The molecule has 1 aliphatic rings. The first-order valence-corrected chi connectivity index (χ1v) is 8.56. The maximum absolute atomic E-state index is 5.42. The molecule has 0 unspecified atom stereocenters. The molecule has 110 valence electrons. The summed E-state index contributed by atoms with van der Waals surface area (Å²) in [6.45, 7) is 0. The molecule has 0 N–H and O–H groups in total. The lowest BCUT2D eigenvalue weighted by molar-refractivity contribution is 0.416. The van der Waals surface area contributed by atoms with Crippen molar-refractivity contribution in [3.05, 3.63) is 46.7 Å². The maximum atomic E-state index is 5.42. The van der Waals surface area contributed by atoms with E-state index < -0.39 is 0 Å². The van der Waals surface area contributed by atoms with Crippen molar-refractivity contribution in [2.24, 2.45) is 5.10 Å². The Morgan fingerprint density at radius 2 is 2.05 bits per heavy atom. The van der Waals surface area contributed by atoms with E-state index in [1.165, 1.54) is 4.88 Å². The molecule has 0 bridgehead atoms. The molecular formula is C15H12N4OS2. The van der Waals surface area contributed by atoms with Crippen molar-refractivity contribution in [3.63, 3.8) is 0 Å². The predicted molar refractivity (Wildman–Crippen MR) is 89.0 cm³/mol. The molecule has 0 saturated carbocycles. The van der Waals surface area contributed by atoms with Crippen LogP contribution in [0.5, 0.6) is 5.75 Å². The number of benzene rings is 1. The fourth-order valence-electron chi connectivity index (χ4n) is 2.29. The monoisotopic (exact) mass is 328 g/mol. The van der Waals surface area contributed by atoms with E-state index in [2.05, 4.69) is 21.6 Å². The molecule has 5 nitrogen and oxygen atoms in total. The largest absolute Gasteiger partial charge is 0.496 e. The van der Waals surface area contributed by atoms with E-state index in [0.29, 0.717) is 5.82 Å². The number of hydrogen-bond donors (Lipinski definition) is 0. The molecule has 0 radical (unpaired) electrons. The number of thiophene rings is 1. The zero-order valence-corrected chi connectivity index (χ0v) is 13.4. The summed E-state index contributed by atoms with van der Waals surface area (Å²) in [5, 5.41) is 16.2. The molecule has 7 heteroatoms. The molecular weight excluding hydrogens is 316 g/mol. The van der Waals surface area contributed by atoms with E-state index in [-0.39, 0.29) is 0 Å². The Labute approximate surface area is 135 Å². The summed E-state index contributed by atoms with van der Waals surface area (Å²) >= 11 is 3.34. The van der Waals surface area contributed by atoms with Gasteiger partial charge >= 0.3 is 0 Å². The van der Waals surface area contributed by atoms with Gasteiger partial charge in [0.05, 0.1) is 23.3 Å². The predicted octanol–water partition coefficient (Wildman–Crippen LogP) is 3.37. The van der Waals surface area contributed by atoms with Gasteiger partial charge in [-0.2, -0.15) is 9.78 Å². The van der Waals surface area contributed by atoms with Crippen LogP contribution in [-0.4, -0.2) is 33.4 Å². The number of nitrogens with zero attached hydrogens (tertiary/aromatic N) is 4. The Kier molecular flexibility index (Phi) is 3.44. The van der Waals surface area contributed by atoms with Crippen LogP contribution >= 0.6 is 23.1 Å². The normalized spacial score (nSPS) is 13.6. The van der Waals surface area contributed by atoms with Gasteiger partial charge in [0.2, 0.25) is 5.16 Å². The molecule has 3 heterocycles. The van der Waals surface area contributed by atoms with Crippen molar-refractivity contribution in [1.82, 2.24) is 14.9 Å². The van der Waals surface area contributed by atoms with Gasteiger partial charge in [0, 0.05) is 5.75 Å². The molecule has 0 saturated heterocycles. The van der Waals surface area contributed by atoms with Crippen LogP contribution < -0.4 is 4.74 Å². The number of para-hydroxylation sites is 1. The lowest BCUT2D eigenvalue weighted by Gasteiger charge is -2.13. The van der Waals surface area contributed by atoms with E-state index in [1.54, 1.807) is 34.9 Å². The van der Waals surface area contributed by atoms with Gasteiger partial charge in [0.1, 0.15) is 5.75 Å². The van der Waals surface area contributed by atoms with Gasteiger partial charge in [-0.05, 0) is 23.6 Å².